The number of hydrogen-bond donors (Lipinski definition) is 1. The molecule has 1 unspecified atom stereocenters. The third kappa shape index (κ3) is 11.1. The van der Waals surface area contributed by atoms with Gasteiger partial charge in [0.2, 0.25) is 0 Å². The van der Waals surface area contributed by atoms with Crippen LogP contribution in [0.25, 0.3) is 11.2 Å². The molecular weight excluding hydrogens is 868 g/mol. The van der Waals surface area contributed by atoms with Crippen LogP contribution in [-0.4, -0.2) is 106 Å². The van der Waals surface area contributed by atoms with Crippen molar-refractivity contribution in [3.63, 3.8) is 0 Å². The number of carbonyl (C=O) groups is 1. The van der Waals surface area contributed by atoms with Gasteiger partial charge in [-0.05, 0) is 94.6 Å². The van der Waals surface area contributed by atoms with Crippen molar-refractivity contribution >= 4 is 31.4 Å². The van der Waals surface area contributed by atoms with Crippen molar-refractivity contribution in [1.82, 2.24) is 29.1 Å². The van der Waals surface area contributed by atoms with E-state index in [1.807, 2.05) is 89.5 Å². The van der Waals surface area contributed by atoms with Crippen LogP contribution in [0.15, 0.2) is 122 Å². The number of ether oxygens (including phenoxy) is 4. The van der Waals surface area contributed by atoms with E-state index in [1.54, 1.807) is 32.7 Å². The molecule has 352 valence electrons. The highest BCUT2D eigenvalue weighted by Gasteiger charge is 2.48. The van der Waals surface area contributed by atoms with Crippen LogP contribution in [0.2, 0.25) is 0 Å². The van der Waals surface area contributed by atoms with Crippen molar-refractivity contribution in [3.8, 4) is 17.6 Å². The number of nitrogens with one attached hydrogen (secondary N) is 1. The van der Waals surface area contributed by atoms with Gasteiger partial charge in [-0.15, -0.1) is 0 Å². The van der Waals surface area contributed by atoms with E-state index in [1.165, 1.54) is 6.33 Å². The number of aromatic nitrogens is 4. The predicted molar refractivity (Wildman–Crippen MR) is 259 cm³/mol. The third-order valence-electron chi connectivity index (χ3n) is 11.8. The maximum Gasteiger partial charge on any atom is 0.259 e. The molecule has 1 aliphatic rings. The summed E-state index contributed by atoms with van der Waals surface area (Å²) in [6.45, 7) is 13.9. The van der Waals surface area contributed by atoms with Gasteiger partial charge in [-0.2, -0.15) is 5.26 Å². The first-order chi connectivity index (χ1) is 32.4. The summed E-state index contributed by atoms with van der Waals surface area (Å²) in [6.07, 6.45) is 2.65. The highest BCUT2D eigenvalue weighted by molar-refractivity contribution is 7.44. The van der Waals surface area contributed by atoms with Crippen LogP contribution in [0.4, 0.5) is 5.82 Å². The molecule has 0 saturated carbocycles. The highest BCUT2D eigenvalue weighted by atomic mass is 31.2. The van der Waals surface area contributed by atoms with Gasteiger partial charge in [0, 0.05) is 36.8 Å². The van der Waals surface area contributed by atoms with Gasteiger partial charge >= 0.3 is 0 Å². The maximum atomic E-state index is 13.3. The Morgan fingerprint density at radius 3 is 2.00 bits per heavy atom. The molecule has 4 aromatic carbocycles. The summed E-state index contributed by atoms with van der Waals surface area (Å²) in [5.41, 5.74) is 1.66. The van der Waals surface area contributed by atoms with Gasteiger partial charge in [0.25, 0.3) is 14.4 Å². The fraction of sp³-hybridized carbons (Fsp3) is 0.392. The molecule has 67 heavy (non-hydrogen) atoms. The molecule has 0 bridgehead atoms. The first-order valence-electron chi connectivity index (χ1n) is 22.6. The molecule has 0 radical (unpaired) electrons. The Kier molecular flexibility index (Phi) is 16.4. The van der Waals surface area contributed by atoms with Crippen molar-refractivity contribution < 1.29 is 32.8 Å². The molecule has 1 aliphatic heterocycles. The molecule has 6 aromatic rings. The smallest absolute Gasteiger partial charge is 0.259 e. The zero-order valence-corrected chi connectivity index (χ0v) is 40.4. The van der Waals surface area contributed by atoms with Crippen molar-refractivity contribution in [2.75, 3.05) is 52.4 Å². The first-order valence-corrected chi connectivity index (χ1v) is 23.7. The topological polar surface area (TPSA) is 158 Å². The third-order valence-corrected chi connectivity index (χ3v) is 13.8. The summed E-state index contributed by atoms with van der Waals surface area (Å²) >= 11 is 0. The Hall–Kier alpha value is -5.82. The van der Waals surface area contributed by atoms with E-state index in [0.717, 1.165) is 16.7 Å². The zero-order valence-electron chi connectivity index (χ0n) is 39.5. The number of anilines is 1. The molecule has 2 aromatic heterocycles. The monoisotopic (exact) mass is 928 g/mol. The summed E-state index contributed by atoms with van der Waals surface area (Å²) in [6, 6.07) is 37.4. The number of nitriles is 1. The molecule has 1 saturated heterocycles. The van der Waals surface area contributed by atoms with Crippen LogP contribution < -0.4 is 14.8 Å². The number of carbonyl (C=O) groups excluding carboxylic acids is 1. The number of rotatable bonds is 21. The lowest BCUT2D eigenvalue weighted by Crippen LogP contribution is -2.60. The minimum Gasteiger partial charge on any atom is -0.497 e. The summed E-state index contributed by atoms with van der Waals surface area (Å²) in [5.74, 6) is 1.38. The number of morpholine rings is 1. The Morgan fingerprint density at radius 1 is 0.836 bits per heavy atom. The molecule has 16 heteroatoms. The van der Waals surface area contributed by atoms with Gasteiger partial charge in [0.05, 0.1) is 52.9 Å². The Bertz CT molecular complexity index is 2500. The Balaban J connectivity index is 1.36. The zero-order chi connectivity index (χ0) is 47.6. The van der Waals surface area contributed by atoms with Crippen LogP contribution in [0.1, 0.15) is 81.2 Å². The summed E-state index contributed by atoms with van der Waals surface area (Å²) in [4.78, 5) is 29.6. The number of imidazole rings is 1. The standard InChI is InChI=1S/C51H61N8O7P/c1-36(2)57-30-45(58-35-55-46-47(53-34-54-48(46)58)56-49(60)39-16-11-9-12-17-39)66-50(31-57,33-65-67(64-29-15-28-52)59(37(3)4)38(5)6)32-63-51(40-18-13-10-14-19-40,41-20-24-43(61-7)25-21-41)42-22-26-44(62-8)27-23-42/h9-14,16-27,34-38,45H,15,29-33H2,1-8H3,(H,53,54,56,60)/t45-,50+,67?/m1/s1. The molecular formula is C51H61N8O7P. The number of methoxy groups -OCH3 is 2. The van der Waals surface area contributed by atoms with E-state index < -0.39 is 26.0 Å². The van der Waals surface area contributed by atoms with E-state index in [-0.39, 0.29) is 56.1 Å². The van der Waals surface area contributed by atoms with Crippen molar-refractivity contribution in [2.45, 2.75) is 83.5 Å². The molecule has 0 aliphatic carbocycles. The van der Waals surface area contributed by atoms with Crippen molar-refractivity contribution in [1.29, 1.82) is 5.26 Å². The van der Waals surface area contributed by atoms with Crippen LogP contribution >= 0.6 is 8.53 Å². The predicted octanol–water partition coefficient (Wildman–Crippen LogP) is 9.38. The lowest BCUT2D eigenvalue weighted by Gasteiger charge is -2.49. The van der Waals surface area contributed by atoms with Gasteiger partial charge in [0.15, 0.2) is 17.0 Å². The van der Waals surface area contributed by atoms with Gasteiger partial charge in [-0.1, -0.05) is 72.8 Å². The quantitative estimate of drug-likeness (QED) is 0.0414. The van der Waals surface area contributed by atoms with E-state index in [2.05, 4.69) is 79.6 Å². The van der Waals surface area contributed by atoms with Gasteiger partial charge < -0.3 is 33.3 Å². The average Bonchev–Trinajstić information content (AvgIpc) is 3.79. The molecule has 7 rings (SSSR count). The molecule has 0 spiro atoms. The largest absolute Gasteiger partial charge is 0.497 e. The van der Waals surface area contributed by atoms with Crippen molar-refractivity contribution in [3.05, 3.63) is 144 Å². The first kappa shape index (κ1) is 49.1. The van der Waals surface area contributed by atoms with Gasteiger partial charge in [-0.25, -0.2) is 19.6 Å². The summed E-state index contributed by atoms with van der Waals surface area (Å²) < 4.78 is 44.0. The Labute approximate surface area is 394 Å². The van der Waals surface area contributed by atoms with E-state index in [4.69, 9.17) is 38.0 Å². The molecule has 15 nitrogen and oxygen atoms in total. The van der Waals surface area contributed by atoms with Crippen LogP contribution in [-0.2, 0) is 24.1 Å². The molecule has 1 N–H and O–H groups in total. The minimum absolute atomic E-state index is 0.0321. The second kappa shape index (κ2) is 22.3. The van der Waals surface area contributed by atoms with Crippen LogP contribution in [0.5, 0.6) is 11.5 Å². The number of hydrogen-bond acceptors (Lipinski definition) is 13. The fourth-order valence-electron chi connectivity index (χ4n) is 8.46. The van der Waals surface area contributed by atoms with Crippen LogP contribution in [0.3, 0.4) is 0 Å². The molecule has 3 heterocycles. The molecule has 1 fully saturated rings. The normalized spacial score (nSPS) is 17.3. The summed E-state index contributed by atoms with van der Waals surface area (Å²) in [7, 11) is 1.62. The summed E-state index contributed by atoms with van der Waals surface area (Å²) in [5, 5.41) is 12.4. The number of fused-ring (bicyclic) bond motifs is 1. The SMILES string of the molecule is COc1ccc(C(OC[C@]2(COP(OCCC#N)N(C(C)C)C(C)C)CN(C(C)C)C[C@H](n3cnc4c(NC(=O)c5ccccc5)ncnc43)O2)(c2ccccc2)c2ccc(OC)cc2)cc1. The van der Waals surface area contributed by atoms with E-state index >= 15 is 0 Å². The number of benzene rings is 4. The van der Waals surface area contributed by atoms with E-state index in [0.29, 0.717) is 41.3 Å². The van der Waals surface area contributed by atoms with Crippen molar-refractivity contribution in [2.24, 2.45) is 0 Å². The van der Waals surface area contributed by atoms with E-state index in [9.17, 15) is 10.1 Å². The highest BCUT2D eigenvalue weighted by Crippen LogP contribution is 2.49. The van der Waals surface area contributed by atoms with Gasteiger partial charge in [-0.3, -0.25) is 14.3 Å². The van der Waals surface area contributed by atoms with Crippen LogP contribution in [0, 0.1) is 11.3 Å². The molecule has 1 amide bonds. The second-order valence-electron chi connectivity index (χ2n) is 17.3. The number of amides is 1. The second-order valence-corrected chi connectivity index (χ2v) is 18.7. The minimum atomic E-state index is -1.68. The number of nitrogens with zero attached hydrogens (tertiary/aromatic N) is 7. The molecule has 3 atom stereocenters. The maximum absolute atomic E-state index is 13.3. The van der Waals surface area contributed by atoms with Gasteiger partial charge in [0.1, 0.15) is 35.3 Å². The average molecular weight is 929 g/mol. The Morgan fingerprint density at radius 2 is 1.43 bits per heavy atom. The lowest BCUT2D eigenvalue weighted by atomic mass is 9.79. The lowest BCUT2D eigenvalue weighted by molar-refractivity contribution is -0.230. The fourth-order valence-corrected chi connectivity index (χ4v) is 10.1.